The SMILES string of the molecule is CCOc1cccc2cc(C(C)NC(=NC)NCCc3nc(C(C)C)no3)oc12. The molecule has 8 nitrogen and oxygen atoms in total. The fourth-order valence-corrected chi connectivity index (χ4v) is 2.90. The van der Waals surface area contributed by atoms with Crippen molar-refractivity contribution >= 4 is 16.9 Å². The number of hydrogen-bond donors (Lipinski definition) is 2. The number of nitrogens with one attached hydrogen (secondary N) is 2. The first-order valence-electron chi connectivity index (χ1n) is 9.96. The van der Waals surface area contributed by atoms with Gasteiger partial charge in [0.1, 0.15) is 5.76 Å². The summed E-state index contributed by atoms with van der Waals surface area (Å²) in [6.45, 7) is 9.28. The molecule has 3 aromatic rings. The minimum absolute atomic E-state index is 0.0703. The summed E-state index contributed by atoms with van der Waals surface area (Å²) in [5, 5.41) is 11.6. The molecule has 29 heavy (non-hydrogen) atoms. The van der Waals surface area contributed by atoms with Crippen molar-refractivity contribution in [1.29, 1.82) is 0 Å². The van der Waals surface area contributed by atoms with Crippen LogP contribution in [0.5, 0.6) is 5.75 Å². The summed E-state index contributed by atoms with van der Waals surface area (Å²) in [6.07, 6.45) is 0.622. The Labute approximate surface area is 170 Å². The highest BCUT2D eigenvalue weighted by Gasteiger charge is 2.16. The first-order chi connectivity index (χ1) is 14.0. The highest BCUT2D eigenvalue weighted by atomic mass is 16.5. The molecular weight excluding hydrogens is 370 g/mol. The first-order valence-corrected chi connectivity index (χ1v) is 9.96. The number of fused-ring (bicyclic) bond motifs is 1. The Balaban J connectivity index is 1.58. The molecule has 0 fully saturated rings. The number of ether oxygens (including phenoxy) is 1. The van der Waals surface area contributed by atoms with Gasteiger partial charge in [-0.25, -0.2) is 0 Å². The standard InChI is InChI=1S/C21H29N5O3/c1-6-27-16-9-7-8-15-12-17(28-19(15)16)14(4)24-21(22-5)23-11-10-18-25-20(13(2)3)26-29-18/h7-9,12-14H,6,10-11H2,1-5H3,(H2,22,23,24). The molecular formula is C21H29N5O3. The maximum atomic E-state index is 6.05. The van der Waals surface area contributed by atoms with E-state index >= 15 is 0 Å². The van der Waals surface area contributed by atoms with Crippen LogP contribution in [0, 0.1) is 0 Å². The lowest BCUT2D eigenvalue weighted by atomic mass is 10.2. The van der Waals surface area contributed by atoms with Crippen LogP contribution in [0.2, 0.25) is 0 Å². The van der Waals surface area contributed by atoms with Crippen LogP contribution in [-0.2, 0) is 6.42 Å². The topological polar surface area (TPSA) is 97.7 Å². The number of guanidine groups is 1. The maximum absolute atomic E-state index is 6.05. The van der Waals surface area contributed by atoms with E-state index in [0.717, 1.165) is 28.3 Å². The van der Waals surface area contributed by atoms with E-state index in [9.17, 15) is 0 Å². The molecule has 1 atom stereocenters. The zero-order valence-corrected chi connectivity index (χ0v) is 17.7. The fraction of sp³-hybridized carbons (Fsp3) is 0.476. The van der Waals surface area contributed by atoms with Gasteiger partial charge in [0.2, 0.25) is 5.89 Å². The van der Waals surface area contributed by atoms with Crippen molar-refractivity contribution in [2.75, 3.05) is 20.2 Å². The van der Waals surface area contributed by atoms with E-state index in [1.807, 2.05) is 52.0 Å². The molecule has 0 saturated carbocycles. The summed E-state index contributed by atoms with van der Waals surface area (Å²) >= 11 is 0. The second-order valence-electron chi connectivity index (χ2n) is 7.07. The molecule has 0 aliphatic heterocycles. The third-order valence-corrected chi connectivity index (χ3v) is 4.46. The molecule has 0 aliphatic carbocycles. The summed E-state index contributed by atoms with van der Waals surface area (Å²) in [6, 6.07) is 7.85. The Bertz CT molecular complexity index is 960. The van der Waals surface area contributed by atoms with Gasteiger partial charge in [-0.1, -0.05) is 31.1 Å². The largest absolute Gasteiger partial charge is 0.490 e. The third kappa shape index (κ3) is 5.07. The van der Waals surface area contributed by atoms with Gasteiger partial charge < -0.3 is 24.3 Å². The zero-order valence-electron chi connectivity index (χ0n) is 17.7. The van der Waals surface area contributed by atoms with Crippen molar-refractivity contribution in [3.63, 3.8) is 0 Å². The lowest BCUT2D eigenvalue weighted by Gasteiger charge is -2.15. The van der Waals surface area contributed by atoms with Crippen molar-refractivity contribution in [3.05, 3.63) is 41.7 Å². The molecule has 1 unspecified atom stereocenters. The third-order valence-electron chi connectivity index (χ3n) is 4.46. The number of hydrogen-bond acceptors (Lipinski definition) is 6. The van der Waals surface area contributed by atoms with Crippen LogP contribution in [0.1, 0.15) is 57.1 Å². The van der Waals surface area contributed by atoms with Gasteiger partial charge in [0, 0.05) is 31.3 Å². The Morgan fingerprint density at radius 3 is 2.79 bits per heavy atom. The molecule has 0 radical (unpaired) electrons. The zero-order chi connectivity index (χ0) is 20.8. The molecule has 0 saturated heterocycles. The molecule has 2 N–H and O–H groups in total. The molecule has 0 spiro atoms. The molecule has 2 heterocycles. The van der Waals surface area contributed by atoms with Gasteiger partial charge in [-0.15, -0.1) is 0 Å². The first kappa shape index (κ1) is 20.7. The smallest absolute Gasteiger partial charge is 0.228 e. The van der Waals surface area contributed by atoms with E-state index in [0.29, 0.717) is 31.4 Å². The Kier molecular flexibility index (Phi) is 6.74. The molecule has 8 heteroatoms. The molecule has 0 amide bonds. The Morgan fingerprint density at radius 2 is 2.10 bits per heavy atom. The second-order valence-corrected chi connectivity index (χ2v) is 7.07. The predicted molar refractivity (Wildman–Crippen MR) is 112 cm³/mol. The molecule has 2 aromatic heterocycles. The summed E-state index contributed by atoms with van der Waals surface area (Å²) in [5.41, 5.74) is 0.762. The van der Waals surface area contributed by atoms with Gasteiger partial charge in [-0.05, 0) is 26.0 Å². The quantitative estimate of drug-likeness (QED) is 0.439. The monoisotopic (exact) mass is 399 g/mol. The highest BCUT2D eigenvalue weighted by Crippen LogP contribution is 2.31. The van der Waals surface area contributed by atoms with Crippen LogP contribution in [0.15, 0.2) is 38.2 Å². The number of nitrogens with zero attached hydrogens (tertiary/aromatic N) is 3. The van der Waals surface area contributed by atoms with Crippen molar-refractivity contribution in [2.24, 2.45) is 4.99 Å². The predicted octanol–water partition coefficient (Wildman–Crippen LogP) is 3.81. The van der Waals surface area contributed by atoms with E-state index in [2.05, 4.69) is 25.8 Å². The average molecular weight is 399 g/mol. The highest BCUT2D eigenvalue weighted by molar-refractivity contribution is 5.84. The van der Waals surface area contributed by atoms with Gasteiger partial charge in [0.25, 0.3) is 0 Å². The van der Waals surface area contributed by atoms with Crippen LogP contribution in [0.25, 0.3) is 11.0 Å². The van der Waals surface area contributed by atoms with E-state index in [1.165, 1.54) is 0 Å². The fourth-order valence-electron chi connectivity index (χ4n) is 2.90. The van der Waals surface area contributed by atoms with Crippen LogP contribution in [0.3, 0.4) is 0 Å². The Morgan fingerprint density at radius 1 is 1.28 bits per heavy atom. The lowest BCUT2D eigenvalue weighted by Crippen LogP contribution is -2.39. The summed E-state index contributed by atoms with van der Waals surface area (Å²) in [4.78, 5) is 8.66. The number of aliphatic imine (C=N–C) groups is 1. The van der Waals surface area contributed by atoms with Crippen LogP contribution in [0.4, 0.5) is 0 Å². The summed E-state index contributed by atoms with van der Waals surface area (Å²) < 4.78 is 17.0. The number of aromatic nitrogens is 2. The molecule has 156 valence electrons. The molecule has 0 aliphatic rings. The lowest BCUT2D eigenvalue weighted by molar-refractivity contribution is 0.336. The van der Waals surface area contributed by atoms with Crippen molar-refractivity contribution < 1.29 is 13.7 Å². The van der Waals surface area contributed by atoms with Crippen molar-refractivity contribution in [3.8, 4) is 5.75 Å². The minimum atomic E-state index is -0.0703. The minimum Gasteiger partial charge on any atom is -0.490 e. The Hall–Kier alpha value is -3.03. The van der Waals surface area contributed by atoms with Crippen LogP contribution >= 0.6 is 0 Å². The van der Waals surface area contributed by atoms with E-state index in [4.69, 9.17) is 13.7 Å². The second kappa shape index (κ2) is 9.45. The summed E-state index contributed by atoms with van der Waals surface area (Å²) in [7, 11) is 1.73. The van der Waals surface area contributed by atoms with Gasteiger partial charge in [0.15, 0.2) is 23.1 Å². The van der Waals surface area contributed by atoms with E-state index in [-0.39, 0.29) is 12.0 Å². The van der Waals surface area contributed by atoms with Gasteiger partial charge in [0.05, 0.1) is 12.6 Å². The van der Waals surface area contributed by atoms with E-state index in [1.54, 1.807) is 7.05 Å². The van der Waals surface area contributed by atoms with Crippen LogP contribution < -0.4 is 15.4 Å². The van der Waals surface area contributed by atoms with Crippen molar-refractivity contribution in [2.45, 2.75) is 46.1 Å². The number of benzene rings is 1. The van der Waals surface area contributed by atoms with Gasteiger partial charge in [-0.2, -0.15) is 4.98 Å². The van der Waals surface area contributed by atoms with Crippen LogP contribution in [-0.4, -0.2) is 36.3 Å². The number of furan rings is 1. The van der Waals surface area contributed by atoms with Gasteiger partial charge in [-0.3, -0.25) is 4.99 Å². The average Bonchev–Trinajstić information content (AvgIpc) is 3.35. The molecule has 0 bridgehead atoms. The van der Waals surface area contributed by atoms with E-state index < -0.39 is 0 Å². The normalized spacial score (nSPS) is 13.1. The maximum Gasteiger partial charge on any atom is 0.228 e. The number of rotatable bonds is 8. The molecule has 3 rings (SSSR count). The van der Waals surface area contributed by atoms with Crippen molar-refractivity contribution in [1.82, 2.24) is 20.8 Å². The summed E-state index contributed by atoms with van der Waals surface area (Å²) in [5.74, 6) is 3.84. The number of para-hydroxylation sites is 1. The van der Waals surface area contributed by atoms with Gasteiger partial charge >= 0.3 is 0 Å². The molecule has 1 aromatic carbocycles.